The highest BCUT2D eigenvalue weighted by Gasteiger charge is 2.02. The third-order valence-electron chi connectivity index (χ3n) is 1.94. The zero-order chi connectivity index (χ0) is 8.81. The van der Waals surface area contributed by atoms with Gasteiger partial charge in [0.05, 0.1) is 0 Å². The summed E-state index contributed by atoms with van der Waals surface area (Å²) < 4.78 is 0. The molecule has 1 N–H and O–H groups in total. The molecule has 0 fully saturated rings. The monoisotopic (exact) mass is 166 g/mol. The summed E-state index contributed by atoms with van der Waals surface area (Å²) in [6.07, 6.45) is 5.73. The predicted molar refractivity (Wildman–Crippen MR) is 53.6 cm³/mol. The van der Waals surface area contributed by atoms with E-state index >= 15 is 0 Å². The Balaban J connectivity index is 2.33. The lowest BCUT2D eigenvalue weighted by atomic mass is 10.2. The lowest BCUT2D eigenvalue weighted by Gasteiger charge is -2.03. The summed E-state index contributed by atoms with van der Waals surface area (Å²) >= 11 is 0. The van der Waals surface area contributed by atoms with Crippen LogP contribution in [0.5, 0.6) is 0 Å². The lowest BCUT2D eigenvalue weighted by molar-refractivity contribution is 0.770. The van der Waals surface area contributed by atoms with Crippen LogP contribution in [-0.2, 0) is 0 Å². The molecule has 2 heteroatoms. The first kappa shape index (κ1) is 9.30. The van der Waals surface area contributed by atoms with Gasteiger partial charge >= 0.3 is 0 Å². The van der Waals surface area contributed by atoms with E-state index in [1.807, 2.05) is 0 Å². The summed E-state index contributed by atoms with van der Waals surface area (Å²) in [5.74, 6) is 0. The fourth-order valence-electron chi connectivity index (χ4n) is 1.30. The Morgan fingerprint density at radius 2 is 2.50 bits per heavy atom. The van der Waals surface area contributed by atoms with Gasteiger partial charge in [0.25, 0.3) is 0 Å². The molecule has 0 saturated carbocycles. The van der Waals surface area contributed by atoms with E-state index in [1.54, 1.807) is 0 Å². The molecule has 0 amide bonds. The normalized spacial score (nSPS) is 17.8. The maximum absolute atomic E-state index is 4.38. The number of nitrogens with one attached hydrogen (secondary N) is 1. The van der Waals surface area contributed by atoms with E-state index in [0.717, 1.165) is 19.5 Å². The maximum atomic E-state index is 4.38. The Morgan fingerprint density at radius 1 is 1.67 bits per heavy atom. The first-order valence-electron chi connectivity index (χ1n) is 4.78. The topological polar surface area (TPSA) is 24.4 Å². The summed E-state index contributed by atoms with van der Waals surface area (Å²) in [6, 6.07) is 0. The molecule has 0 atom stereocenters. The van der Waals surface area contributed by atoms with Crippen molar-refractivity contribution in [1.29, 1.82) is 0 Å². The lowest BCUT2D eigenvalue weighted by Crippen LogP contribution is -2.12. The number of hydrogen-bond donors (Lipinski definition) is 1. The summed E-state index contributed by atoms with van der Waals surface area (Å²) in [7, 11) is 0. The summed E-state index contributed by atoms with van der Waals surface area (Å²) in [6.45, 7) is 6.37. The maximum Gasteiger partial charge on any atom is 0.0396 e. The molecule has 0 aromatic carbocycles. The molecular formula is C10H18N2. The van der Waals surface area contributed by atoms with E-state index in [-0.39, 0.29) is 0 Å². The van der Waals surface area contributed by atoms with Gasteiger partial charge in [-0.2, -0.15) is 0 Å². The SMILES string of the molecule is CCCN/C(C)=C\C1=NCCC1. The smallest absolute Gasteiger partial charge is 0.0396 e. The van der Waals surface area contributed by atoms with Crippen LogP contribution in [0.4, 0.5) is 0 Å². The van der Waals surface area contributed by atoms with Crippen LogP contribution in [0.25, 0.3) is 0 Å². The Bertz CT molecular complexity index is 192. The van der Waals surface area contributed by atoms with Crippen LogP contribution in [-0.4, -0.2) is 18.8 Å². The second kappa shape index (κ2) is 4.96. The number of rotatable bonds is 4. The number of hydrogen-bond acceptors (Lipinski definition) is 2. The van der Waals surface area contributed by atoms with Gasteiger partial charge in [-0.3, -0.25) is 4.99 Å². The van der Waals surface area contributed by atoms with E-state index in [0.29, 0.717) is 0 Å². The molecule has 0 spiro atoms. The zero-order valence-corrected chi connectivity index (χ0v) is 8.06. The van der Waals surface area contributed by atoms with E-state index in [9.17, 15) is 0 Å². The summed E-state index contributed by atoms with van der Waals surface area (Å²) in [5.41, 5.74) is 2.51. The van der Waals surface area contributed by atoms with Gasteiger partial charge in [-0.25, -0.2) is 0 Å². The van der Waals surface area contributed by atoms with Crippen LogP contribution < -0.4 is 5.32 Å². The van der Waals surface area contributed by atoms with Crippen molar-refractivity contribution in [2.24, 2.45) is 4.99 Å². The molecule has 0 saturated heterocycles. The van der Waals surface area contributed by atoms with Crippen LogP contribution in [0.2, 0.25) is 0 Å². The van der Waals surface area contributed by atoms with Crippen molar-refractivity contribution in [2.45, 2.75) is 33.1 Å². The molecule has 12 heavy (non-hydrogen) atoms. The number of allylic oxidation sites excluding steroid dienone is 2. The molecule has 0 aromatic heterocycles. The summed E-state index contributed by atoms with van der Waals surface area (Å²) in [4.78, 5) is 4.38. The highest BCUT2D eigenvalue weighted by molar-refractivity contribution is 5.96. The van der Waals surface area contributed by atoms with E-state index in [2.05, 4.69) is 30.2 Å². The number of nitrogens with zero attached hydrogens (tertiary/aromatic N) is 1. The van der Waals surface area contributed by atoms with E-state index < -0.39 is 0 Å². The van der Waals surface area contributed by atoms with Crippen molar-refractivity contribution in [1.82, 2.24) is 5.32 Å². The van der Waals surface area contributed by atoms with Crippen LogP contribution in [0, 0.1) is 0 Å². The molecule has 1 aliphatic heterocycles. The van der Waals surface area contributed by atoms with E-state index in [1.165, 1.54) is 24.3 Å². The van der Waals surface area contributed by atoms with Gasteiger partial charge < -0.3 is 5.32 Å². The van der Waals surface area contributed by atoms with Crippen LogP contribution in [0.15, 0.2) is 16.8 Å². The van der Waals surface area contributed by atoms with Gasteiger partial charge in [0.2, 0.25) is 0 Å². The Hall–Kier alpha value is -0.790. The van der Waals surface area contributed by atoms with Gasteiger partial charge in [0, 0.05) is 24.5 Å². The van der Waals surface area contributed by atoms with Crippen molar-refractivity contribution >= 4 is 5.71 Å². The third kappa shape index (κ3) is 3.07. The van der Waals surface area contributed by atoms with Crippen molar-refractivity contribution < 1.29 is 0 Å². The molecule has 0 radical (unpaired) electrons. The van der Waals surface area contributed by atoms with Crippen LogP contribution >= 0.6 is 0 Å². The second-order valence-electron chi connectivity index (χ2n) is 3.23. The van der Waals surface area contributed by atoms with Gasteiger partial charge in [-0.1, -0.05) is 6.92 Å². The molecule has 0 unspecified atom stereocenters. The predicted octanol–water partition coefficient (Wildman–Crippen LogP) is 2.12. The van der Waals surface area contributed by atoms with Crippen LogP contribution in [0.3, 0.4) is 0 Å². The second-order valence-corrected chi connectivity index (χ2v) is 3.23. The fraction of sp³-hybridized carbons (Fsp3) is 0.700. The number of aliphatic imine (C=N–C) groups is 1. The van der Waals surface area contributed by atoms with Crippen molar-refractivity contribution in [2.75, 3.05) is 13.1 Å². The van der Waals surface area contributed by atoms with Crippen molar-refractivity contribution in [3.05, 3.63) is 11.8 Å². The Kier molecular flexibility index (Phi) is 3.85. The van der Waals surface area contributed by atoms with Gasteiger partial charge in [-0.15, -0.1) is 0 Å². The zero-order valence-electron chi connectivity index (χ0n) is 8.06. The van der Waals surface area contributed by atoms with Crippen molar-refractivity contribution in [3.8, 4) is 0 Å². The molecular weight excluding hydrogens is 148 g/mol. The standard InChI is InChI=1S/C10H18N2/c1-3-6-11-9(2)8-10-5-4-7-12-10/h8,11H,3-7H2,1-2H3/b9-8-. The Labute approximate surface area is 74.8 Å². The molecule has 1 aliphatic rings. The molecule has 1 heterocycles. The van der Waals surface area contributed by atoms with Crippen molar-refractivity contribution in [3.63, 3.8) is 0 Å². The fourth-order valence-corrected chi connectivity index (χ4v) is 1.30. The first-order valence-corrected chi connectivity index (χ1v) is 4.78. The summed E-state index contributed by atoms with van der Waals surface area (Å²) in [5, 5.41) is 3.34. The largest absolute Gasteiger partial charge is 0.389 e. The highest BCUT2D eigenvalue weighted by Crippen LogP contribution is 2.05. The van der Waals surface area contributed by atoms with Gasteiger partial charge in [0.15, 0.2) is 0 Å². The minimum Gasteiger partial charge on any atom is -0.389 e. The molecule has 2 nitrogen and oxygen atoms in total. The molecule has 0 aliphatic carbocycles. The first-order chi connectivity index (χ1) is 5.83. The molecule has 1 rings (SSSR count). The van der Waals surface area contributed by atoms with E-state index in [4.69, 9.17) is 0 Å². The van der Waals surface area contributed by atoms with Gasteiger partial charge in [-0.05, 0) is 32.3 Å². The Morgan fingerprint density at radius 3 is 3.08 bits per heavy atom. The highest BCUT2D eigenvalue weighted by atomic mass is 14.9. The average Bonchev–Trinajstić information content (AvgIpc) is 2.53. The van der Waals surface area contributed by atoms with Gasteiger partial charge in [0.1, 0.15) is 0 Å². The minimum absolute atomic E-state index is 1.02. The molecule has 0 aromatic rings. The van der Waals surface area contributed by atoms with Crippen LogP contribution in [0.1, 0.15) is 33.1 Å². The average molecular weight is 166 g/mol. The third-order valence-corrected chi connectivity index (χ3v) is 1.94. The molecule has 68 valence electrons. The quantitative estimate of drug-likeness (QED) is 0.679. The molecule has 0 bridgehead atoms. The minimum atomic E-state index is 1.02.